The van der Waals surface area contributed by atoms with Crippen LogP contribution in [-0.2, 0) is 28.6 Å². The van der Waals surface area contributed by atoms with E-state index in [1.165, 1.54) is 25.7 Å². The van der Waals surface area contributed by atoms with Crippen LogP contribution in [0.5, 0.6) is 0 Å². The van der Waals surface area contributed by atoms with Crippen molar-refractivity contribution in [3.05, 3.63) is 60.8 Å². The van der Waals surface area contributed by atoms with Crippen LogP contribution in [0.25, 0.3) is 0 Å². The number of ether oxygens (including phenoxy) is 3. The Labute approximate surface area is 279 Å². The van der Waals surface area contributed by atoms with Crippen molar-refractivity contribution in [2.75, 3.05) is 41.0 Å². The molecule has 0 amide bonds. The number of esters is 2. The number of rotatable bonds is 29. The lowest BCUT2D eigenvalue weighted by Crippen LogP contribution is -2.55. The Kier molecular flexibility index (Phi) is 27.5. The molecule has 0 aromatic rings. The Morgan fingerprint density at radius 3 is 1.89 bits per heavy atom. The fourth-order valence-electron chi connectivity index (χ4n) is 4.49. The summed E-state index contributed by atoms with van der Waals surface area (Å²) in [5.41, 5.74) is 0. The molecule has 0 bridgehead atoms. The topological polar surface area (TPSA) is 102 Å². The van der Waals surface area contributed by atoms with Gasteiger partial charge in [-0.25, -0.2) is 0 Å². The van der Waals surface area contributed by atoms with Gasteiger partial charge < -0.3 is 28.6 Å². The molecule has 0 saturated heterocycles. The van der Waals surface area contributed by atoms with Crippen LogP contribution in [0.2, 0.25) is 0 Å². The van der Waals surface area contributed by atoms with Crippen molar-refractivity contribution in [2.45, 2.75) is 122 Å². The molecular weight excluding hydrogens is 582 g/mol. The molecule has 0 radical (unpaired) electrons. The fourth-order valence-corrected chi connectivity index (χ4v) is 4.49. The summed E-state index contributed by atoms with van der Waals surface area (Å²) >= 11 is 0. The number of hydrogen-bond donors (Lipinski definition) is 0. The van der Waals surface area contributed by atoms with Crippen LogP contribution in [0, 0.1) is 0 Å². The predicted octanol–water partition coefficient (Wildman–Crippen LogP) is 6.96. The Morgan fingerprint density at radius 2 is 1.26 bits per heavy atom. The predicted molar refractivity (Wildman–Crippen MR) is 185 cm³/mol. The zero-order chi connectivity index (χ0) is 34.3. The van der Waals surface area contributed by atoms with Gasteiger partial charge in [0.25, 0.3) is 0 Å². The highest BCUT2D eigenvalue weighted by molar-refractivity contribution is 5.70. The summed E-state index contributed by atoms with van der Waals surface area (Å²) in [6.07, 6.45) is 32.6. The van der Waals surface area contributed by atoms with Crippen LogP contribution in [0.15, 0.2) is 60.8 Å². The molecule has 0 spiro atoms. The fraction of sp³-hybridized carbons (Fsp3) is 0.658. The van der Waals surface area contributed by atoms with Gasteiger partial charge in [-0.2, -0.15) is 0 Å². The molecule has 0 rings (SSSR count). The number of likely N-dealkylation sites (N-methyl/N-ethyl adjacent to an activating group) is 1. The molecule has 0 fully saturated rings. The number of unbranched alkanes of at least 4 members (excludes halogenated alkanes) is 8. The Bertz CT molecular complexity index is 943. The molecule has 0 heterocycles. The minimum absolute atomic E-state index is 0.0135. The van der Waals surface area contributed by atoms with Gasteiger partial charge in [0.15, 0.2) is 6.10 Å². The van der Waals surface area contributed by atoms with Crippen molar-refractivity contribution < 1.29 is 38.2 Å². The minimum Gasteiger partial charge on any atom is -0.544 e. The van der Waals surface area contributed by atoms with Crippen molar-refractivity contribution in [1.29, 1.82) is 0 Å². The van der Waals surface area contributed by atoms with Gasteiger partial charge in [0.05, 0.1) is 40.3 Å². The van der Waals surface area contributed by atoms with E-state index in [4.69, 9.17) is 14.2 Å². The molecule has 8 heteroatoms. The Morgan fingerprint density at radius 1 is 0.674 bits per heavy atom. The molecule has 0 aliphatic rings. The standard InChI is InChI=1S/C38H63NO7/c1-6-8-10-12-14-16-17-18-19-21-22-24-26-28-36(40)45-33-34(32-44-31-30-35(38(42)43)39(3,4)5)46-37(41)29-27-25-23-20-15-13-11-9-7-2/h8,10,12,14,16-20,23,34-35H,6-7,9,11,13,15,21-22,24-33H2,1-5H3/b10-8+,14-12+,17-16+,19-18+,23-20+. The molecule has 0 aromatic carbocycles. The number of carboxylic acids is 1. The highest BCUT2D eigenvalue weighted by atomic mass is 16.6. The molecule has 46 heavy (non-hydrogen) atoms. The molecule has 0 aromatic heterocycles. The zero-order valence-electron chi connectivity index (χ0n) is 29.5. The second-order valence-corrected chi connectivity index (χ2v) is 12.5. The number of aliphatic carboxylic acids is 1. The minimum atomic E-state index is -1.14. The van der Waals surface area contributed by atoms with Gasteiger partial charge in [-0.3, -0.25) is 9.59 Å². The van der Waals surface area contributed by atoms with Crippen molar-refractivity contribution in [2.24, 2.45) is 0 Å². The second kappa shape index (κ2) is 29.4. The molecule has 0 aliphatic carbocycles. The summed E-state index contributed by atoms with van der Waals surface area (Å²) in [5.74, 6) is -1.85. The summed E-state index contributed by atoms with van der Waals surface area (Å²) in [6, 6.07) is -0.736. The quantitative estimate of drug-likeness (QED) is 0.0285. The maximum absolute atomic E-state index is 12.5. The van der Waals surface area contributed by atoms with E-state index < -0.39 is 18.1 Å². The van der Waals surface area contributed by atoms with E-state index in [0.29, 0.717) is 12.8 Å². The summed E-state index contributed by atoms with van der Waals surface area (Å²) in [6.45, 7) is 4.37. The van der Waals surface area contributed by atoms with E-state index in [2.05, 4.69) is 38.2 Å². The molecule has 8 nitrogen and oxygen atoms in total. The lowest BCUT2D eigenvalue weighted by molar-refractivity contribution is -0.889. The maximum Gasteiger partial charge on any atom is 0.306 e. The molecule has 2 atom stereocenters. The number of allylic oxidation sites excluding steroid dienone is 10. The van der Waals surface area contributed by atoms with E-state index in [0.717, 1.165) is 44.9 Å². The highest BCUT2D eigenvalue weighted by Gasteiger charge is 2.25. The molecular formula is C38H63NO7. The van der Waals surface area contributed by atoms with E-state index in [1.54, 1.807) is 21.1 Å². The third kappa shape index (κ3) is 27.3. The lowest BCUT2D eigenvalue weighted by atomic mass is 10.1. The molecule has 0 N–H and O–H groups in total. The number of hydrogen-bond acceptors (Lipinski definition) is 7. The largest absolute Gasteiger partial charge is 0.544 e. The van der Waals surface area contributed by atoms with Gasteiger partial charge in [-0.05, 0) is 51.4 Å². The van der Waals surface area contributed by atoms with Crippen LogP contribution in [-0.4, -0.2) is 75.5 Å². The van der Waals surface area contributed by atoms with Gasteiger partial charge in [0.2, 0.25) is 0 Å². The van der Waals surface area contributed by atoms with E-state index in [-0.39, 0.29) is 49.1 Å². The first-order valence-electron chi connectivity index (χ1n) is 17.4. The normalized spacial score (nSPS) is 13.8. The first-order chi connectivity index (χ1) is 22.1. The molecule has 2 unspecified atom stereocenters. The third-order valence-corrected chi connectivity index (χ3v) is 7.23. The maximum atomic E-state index is 12.5. The van der Waals surface area contributed by atoms with Crippen molar-refractivity contribution in [3.63, 3.8) is 0 Å². The summed E-state index contributed by atoms with van der Waals surface area (Å²) < 4.78 is 16.9. The highest BCUT2D eigenvalue weighted by Crippen LogP contribution is 2.10. The van der Waals surface area contributed by atoms with Gasteiger partial charge >= 0.3 is 11.9 Å². The van der Waals surface area contributed by atoms with Gasteiger partial charge in [-0.1, -0.05) is 100 Å². The number of nitrogens with zero attached hydrogens (tertiary/aromatic N) is 1. The van der Waals surface area contributed by atoms with Crippen LogP contribution in [0.1, 0.15) is 110 Å². The lowest BCUT2D eigenvalue weighted by Gasteiger charge is -2.34. The first-order valence-corrected chi connectivity index (χ1v) is 17.4. The Hall–Kier alpha value is -2.97. The summed E-state index contributed by atoms with van der Waals surface area (Å²) in [5, 5.41) is 11.5. The Balaban J connectivity index is 4.58. The molecule has 262 valence electrons. The molecule has 0 saturated carbocycles. The smallest absolute Gasteiger partial charge is 0.306 e. The van der Waals surface area contributed by atoms with Crippen LogP contribution < -0.4 is 5.11 Å². The second-order valence-electron chi connectivity index (χ2n) is 12.5. The van der Waals surface area contributed by atoms with E-state index in [1.807, 2.05) is 36.5 Å². The van der Waals surface area contributed by atoms with Crippen molar-refractivity contribution in [3.8, 4) is 0 Å². The average molecular weight is 646 g/mol. The zero-order valence-corrected chi connectivity index (χ0v) is 29.5. The van der Waals surface area contributed by atoms with Crippen LogP contribution >= 0.6 is 0 Å². The van der Waals surface area contributed by atoms with Crippen LogP contribution in [0.3, 0.4) is 0 Å². The van der Waals surface area contributed by atoms with Gasteiger partial charge in [0.1, 0.15) is 12.6 Å². The van der Waals surface area contributed by atoms with Crippen LogP contribution in [0.4, 0.5) is 0 Å². The van der Waals surface area contributed by atoms with E-state index >= 15 is 0 Å². The van der Waals surface area contributed by atoms with Gasteiger partial charge in [0, 0.05) is 19.3 Å². The summed E-state index contributed by atoms with van der Waals surface area (Å²) in [7, 11) is 5.36. The van der Waals surface area contributed by atoms with Crippen molar-refractivity contribution in [1.82, 2.24) is 0 Å². The number of carbonyl (C=O) groups is 3. The van der Waals surface area contributed by atoms with E-state index in [9.17, 15) is 19.5 Å². The van der Waals surface area contributed by atoms with Gasteiger partial charge in [-0.15, -0.1) is 0 Å². The molecule has 0 aliphatic heterocycles. The number of quaternary nitrogens is 1. The van der Waals surface area contributed by atoms with Crippen molar-refractivity contribution >= 4 is 17.9 Å². The monoisotopic (exact) mass is 645 g/mol. The number of carboxylic acid groups (broad SMARTS) is 1. The summed E-state index contributed by atoms with van der Waals surface area (Å²) in [4.78, 5) is 36.4. The first kappa shape index (κ1) is 43.0. The SMILES string of the molecule is CC/C=C/C=C/C=C/C=C/CCCCCC(=O)OCC(COCCC(C(=O)[O-])[N+](C)(C)C)OC(=O)CCC/C=C/CCCCCC. The average Bonchev–Trinajstić information content (AvgIpc) is 3.00. The number of carbonyl (C=O) groups excluding carboxylic acids is 3. The third-order valence-electron chi connectivity index (χ3n) is 7.23.